The summed E-state index contributed by atoms with van der Waals surface area (Å²) in [7, 11) is 3.23. The van der Waals surface area contributed by atoms with Crippen LogP contribution >= 0.6 is 0 Å². The van der Waals surface area contributed by atoms with Gasteiger partial charge in [0.05, 0.1) is 19.8 Å². The fourth-order valence-corrected chi connectivity index (χ4v) is 2.16. The molecule has 1 heterocycles. The van der Waals surface area contributed by atoms with Crippen molar-refractivity contribution in [1.29, 1.82) is 0 Å². The molecule has 2 N–H and O–H groups in total. The molecule has 1 aromatic carbocycles. The van der Waals surface area contributed by atoms with Gasteiger partial charge in [-0.25, -0.2) is 9.97 Å². The zero-order valence-electron chi connectivity index (χ0n) is 12.2. The van der Waals surface area contributed by atoms with Gasteiger partial charge in [-0.15, -0.1) is 0 Å². The lowest BCUT2D eigenvalue weighted by Gasteiger charge is -2.12. The number of benzene rings is 1. The van der Waals surface area contributed by atoms with Crippen LogP contribution in [0.3, 0.4) is 0 Å². The van der Waals surface area contributed by atoms with Crippen LogP contribution in [0.1, 0.15) is 18.2 Å². The van der Waals surface area contributed by atoms with Crippen LogP contribution in [0.15, 0.2) is 18.2 Å². The van der Waals surface area contributed by atoms with Crippen LogP contribution in [0.25, 0.3) is 11.4 Å². The van der Waals surface area contributed by atoms with Gasteiger partial charge in [-0.2, -0.15) is 0 Å². The van der Waals surface area contributed by atoms with Crippen molar-refractivity contribution in [2.24, 2.45) is 0 Å². The molecule has 5 nitrogen and oxygen atoms in total. The smallest absolute Gasteiger partial charge is 0.165 e. The van der Waals surface area contributed by atoms with Crippen LogP contribution in [0.4, 0.5) is 5.82 Å². The molecule has 0 radical (unpaired) electrons. The number of rotatable bonds is 4. The summed E-state index contributed by atoms with van der Waals surface area (Å²) in [6.45, 7) is 3.97. The van der Waals surface area contributed by atoms with Crippen molar-refractivity contribution in [1.82, 2.24) is 9.97 Å². The minimum absolute atomic E-state index is 0.514. The van der Waals surface area contributed by atoms with E-state index in [1.54, 1.807) is 14.2 Å². The second-order valence-electron chi connectivity index (χ2n) is 4.42. The fraction of sp³-hybridized carbons (Fsp3) is 0.333. The third kappa shape index (κ3) is 2.52. The summed E-state index contributed by atoms with van der Waals surface area (Å²) in [5.41, 5.74) is 8.65. The van der Waals surface area contributed by atoms with Crippen molar-refractivity contribution in [2.45, 2.75) is 20.3 Å². The number of nitrogens with zero attached hydrogens (tertiary/aromatic N) is 2. The Hall–Kier alpha value is -2.30. The van der Waals surface area contributed by atoms with E-state index in [0.29, 0.717) is 17.4 Å². The van der Waals surface area contributed by atoms with Gasteiger partial charge in [0.25, 0.3) is 0 Å². The predicted octanol–water partition coefficient (Wildman–Crippen LogP) is 2.61. The van der Waals surface area contributed by atoms with E-state index >= 15 is 0 Å². The van der Waals surface area contributed by atoms with Crippen molar-refractivity contribution >= 4 is 5.82 Å². The van der Waals surface area contributed by atoms with E-state index in [0.717, 1.165) is 29.0 Å². The van der Waals surface area contributed by atoms with Gasteiger partial charge in [-0.05, 0) is 31.5 Å². The maximum atomic E-state index is 6.01. The first kappa shape index (κ1) is 14.1. The van der Waals surface area contributed by atoms with Gasteiger partial charge in [-0.3, -0.25) is 0 Å². The van der Waals surface area contributed by atoms with Crippen molar-refractivity contribution in [3.63, 3.8) is 0 Å². The first-order chi connectivity index (χ1) is 9.60. The van der Waals surface area contributed by atoms with Gasteiger partial charge in [0, 0.05) is 11.3 Å². The first-order valence-corrected chi connectivity index (χ1v) is 6.46. The normalized spacial score (nSPS) is 10.4. The molecule has 0 atom stereocenters. The highest BCUT2D eigenvalue weighted by molar-refractivity contribution is 5.68. The summed E-state index contributed by atoms with van der Waals surface area (Å²) in [6, 6.07) is 5.51. The van der Waals surface area contributed by atoms with Crippen molar-refractivity contribution in [3.05, 3.63) is 29.5 Å². The van der Waals surface area contributed by atoms with Gasteiger partial charge in [0.2, 0.25) is 0 Å². The Labute approximate surface area is 118 Å². The summed E-state index contributed by atoms with van der Waals surface area (Å²) in [4.78, 5) is 8.92. The quantitative estimate of drug-likeness (QED) is 0.927. The Morgan fingerprint density at radius 2 is 1.90 bits per heavy atom. The molecule has 0 fully saturated rings. The number of anilines is 1. The van der Waals surface area contributed by atoms with Gasteiger partial charge < -0.3 is 15.2 Å². The number of aryl methyl sites for hydroxylation is 1. The molecule has 0 saturated carbocycles. The van der Waals surface area contributed by atoms with E-state index in [-0.39, 0.29) is 0 Å². The molecule has 0 saturated heterocycles. The van der Waals surface area contributed by atoms with E-state index in [1.807, 2.05) is 32.0 Å². The van der Waals surface area contributed by atoms with E-state index in [2.05, 4.69) is 9.97 Å². The Morgan fingerprint density at radius 3 is 2.45 bits per heavy atom. The molecule has 0 amide bonds. The van der Waals surface area contributed by atoms with Crippen LogP contribution in [0, 0.1) is 6.92 Å². The molecule has 2 aromatic rings. The zero-order chi connectivity index (χ0) is 14.7. The summed E-state index contributed by atoms with van der Waals surface area (Å²) in [5.74, 6) is 2.47. The van der Waals surface area contributed by atoms with Crippen LogP contribution in [-0.4, -0.2) is 24.2 Å². The van der Waals surface area contributed by atoms with Gasteiger partial charge in [0.1, 0.15) is 17.3 Å². The number of nitrogens with two attached hydrogens (primary N) is 1. The number of nitrogen functional groups attached to an aromatic ring is 1. The monoisotopic (exact) mass is 273 g/mol. The van der Waals surface area contributed by atoms with Crippen LogP contribution in [0.2, 0.25) is 0 Å². The largest absolute Gasteiger partial charge is 0.497 e. The highest BCUT2D eigenvalue weighted by Crippen LogP contribution is 2.32. The first-order valence-electron chi connectivity index (χ1n) is 6.46. The molecule has 20 heavy (non-hydrogen) atoms. The summed E-state index contributed by atoms with van der Waals surface area (Å²) in [6.07, 6.45) is 0.813. The number of methoxy groups -OCH3 is 2. The maximum absolute atomic E-state index is 6.01. The average molecular weight is 273 g/mol. The van der Waals surface area contributed by atoms with E-state index < -0.39 is 0 Å². The van der Waals surface area contributed by atoms with Crippen LogP contribution in [0.5, 0.6) is 11.5 Å². The second-order valence-corrected chi connectivity index (χ2v) is 4.42. The van der Waals surface area contributed by atoms with Crippen molar-refractivity contribution in [2.75, 3.05) is 20.0 Å². The summed E-state index contributed by atoms with van der Waals surface area (Å²) < 4.78 is 10.6. The molecule has 1 aromatic heterocycles. The minimum Gasteiger partial charge on any atom is -0.497 e. The number of hydrogen-bond donors (Lipinski definition) is 1. The van der Waals surface area contributed by atoms with Crippen LogP contribution in [-0.2, 0) is 6.42 Å². The van der Waals surface area contributed by atoms with Crippen LogP contribution < -0.4 is 15.2 Å². The molecule has 0 unspecified atom stereocenters. The lowest BCUT2D eigenvalue weighted by atomic mass is 10.1. The Balaban J connectivity index is 2.61. The van der Waals surface area contributed by atoms with Gasteiger partial charge in [0.15, 0.2) is 5.82 Å². The van der Waals surface area contributed by atoms with E-state index in [1.165, 1.54) is 0 Å². The third-order valence-corrected chi connectivity index (χ3v) is 3.25. The molecule has 0 aliphatic carbocycles. The van der Waals surface area contributed by atoms with Crippen molar-refractivity contribution < 1.29 is 9.47 Å². The highest BCUT2D eigenvalue weighted by Gasteiger charge is 2.14. The molecule has 5 heteroatoms. The molecular formula is C15H19N3O2. The topological polar surface area (TPSA) is 70.3 Å². The molecule has 0 aliphatic heterocycles. The lowest BCUT2D eigenvalue weighted by Crippen LogP contribution is -2.05. The third-order valence-electron chi connectivity index (χ3n) is 3.25. The Kier molecular flexibility index (Phi) is 4.08. The molecule has 0 aliphatic rings. The standard InChI is InChI=1S/C15H19N3O2/c1-5-11-9(2)17-15(18-14(11)16)12-8-10(19-3)6-7-13(12)20-4/h6-8H,5H2,1-4H3,(H2,16,17,18). The summed E-state index contributed by atoms with van der Waals surface area (Å²) in [5, 5.41) is 0. The van der Waals surface area contributed by atoms with Gasteiger partial charge in [-0.1, -0.05) is 6.92 Å². The maximum Gasteiger partial charge on any atom is 0.165 e. The molecular weight excluding hydrogens is 254 g/mol. The molecule has 106 valence electrons. The number of hydrogen-bond acceptors (Lipinski definition) is 5. The zero-order valence-corrected chi connectivity index (χ0v) is 12.2. The van der Waals surface area contributed by atoms with E-state index in [9.17, 15) is 0 Å². The second kappa shape index (κ2) is 5.77. The SMILES string of the molecule is CCc1c(C)nc(-c2cc(OC)ccc2OC)nc1N. The average Bonchev–Trinajstić information content (AvgIpc) is 2.46. The fourth-order valence-electron chi connectivity index (χ4n) is 2.16. The lowest BCUT2D eigenvalue weighted by molar-refractivity contribution is 0.404. The minimum atomic E-state index is 0.514. The number of ether oxygens (including phenoxy) is 2. The molecule has 2 rings (SSSR count). The molecule has 0 spiro atoms. The van der Waals surface area contributed by atoms with Gasteiger partial charge >= 0.3 is 0 Å². The Morgan fingerprint density at radius 1 is 1.15 bits per heavy atom. The predicted molar refractivity (Wildman–Crippen MR) is 79.1 cm³/mol. The Bertz CT molecular complexity index is 604. The van der Waals surface area contributed by atoms with E-state index in [4.69, 9.17) is 15.2 Å². The summed E-state index contributed by atoms with van der Waals surface area (Å²) >= 11 is 0. The van der Waals surface area contributed by atoms with Crippen molar-refractivity contribution in [3.8, 4) is 22.9 Å². The number of aromatic nitrogens is 2. The highest BCUT2D eigenvalue weighted by atomic mass is 16.5. The molecule has 0 bridgehead atoms.